The van der Waals surface area contributed by atoms with Gasteiger partial charge in [0, 0.05) is 11.1 Å². The number of hydrogen-bond acceptors (Lipinski definition) is 5. The first-order valence-electron chi connectivity index (χ1n) is 7.25. The van der Waals surface area contributed by atoms with Crippen LogP contribution in [0.25, 0.3) is 6.08 Å². The normalized spacial score (nSPS) is 12.5. The van der Waals surface area contributed by atoms with Crippen LogP contribution >= 0.6 is 11.3 Å². The van der Waals surface area contributed by atoms with Crippen LogP contribution in [0.4, 0.5) is 0 Å². The number of ketones is 1. The van der Waals surface area contributed by atoms with Crippen molar-refractivity contribution < 1.29 is 19.1 Å². The van der Waals surface area contributed by atoms with Gasteiger partial charge in [0.05, 0.1) is 24.8 Å². The molecule has 0 spiro atoms. The first kappa shape index (κ1) is 16.0. The molecule has 1 aromatic carbocycles. The van der Waals surface area contributed by atoms with Crippen molar-refractivity contribution in [3.05, 3.63) is 64.1 Å². The number of carbonyl (C=O) groups is 2. The van der Waals surface area contributed by atoms with E-state index >= 15 is 0 Å². The van der Waals surface area contributed by atoms with E-state index in [1.807, 2.05) is 5.38 Å². The van der Waals surface area contributed by atoms with E-state index in [4.69, 9.17) is 9.47 Å². The Bertz CT molecular complexity index is 822. The number of ether oxygens (including phenoxy) is 2. The van der Waals surface area contributed by atoms with E-state index in [0.29, 0.717) is 21.9 Å². The smallest absolute Gasteiger partial charge is 0.251 e. The van der Waals surface area contributed by atoms with Gasteiger partial charge in [-0.2, -0.15) is 0 Å². The molecular formula is C18H15NO4S. The van der Waals surface area contributed by atoms with E-state index < -0.39 is 0 Å². The largest absolute Gasteiger partial charge is 0.497 e. The Morgan fingerprint density at radius 1 is 1.29 bits per heavy atom. The third-order valence-electron chi connectivity index (χ3n) is 3.44. The monoisotopic (exact) mass is 341 g/mol. The summed E-state index contributed by atoms with van der Waals surface area (Å²) in [6.45, 7) is -0.0453. The number of Topliss-reactive ketones (excluding diaryl/α,β-unsaturated/α-hetero) is 1. The van der Waals surface area contributed by atoms with Crippen molar-refractivity contribution >= 4 is 29.1 Å². The Morgan fingerprint density at radius 3 is 2.92 bits per heavy atom. The number of carbonyl (C=O) groups excluding carboxylic acids is 2. The maximum Gasteiger partial charge on any atom is 0.251 e. The van der Waals surface area contributed by atoms with Crippen LogP contribution in [0.3, 0.4) is 0 Å². The predicted octanol–water partition coefficient (Wildman–Crippen LogP) is 3.05. The summed E-state index contributed by atoms with van der Waals surface area (Å²) in [5.41, 5.74) is 1.13. The van der Waals surface area contributed by atoms with Gasteiger partial charge in [-0.05, 0) is 41.8 Å². The second-order valence-electron chi connectivity index (χ2n) is 5.01. The molecule has 1 aromatic heterocycles. The van der Waals surface area contributed by atoms with Crippen molar-refractivity contribution in [2.24, 2.45) is 0 Å². The summed E-state index contributed by atoms with van der Waals surface area (Å²) in [5.74, 6) is 0.845. The molecule has 0 atom stereocenters. The zero-order valence-electron chi connectivity index (χ0n) is 12.9. The number of methoxy groups -OCH3 is 1. The quantitative estimate of drug-likeness (QED) is 0.849. The van der Waals surface area contributed by atoms with Gasteiger partial charge in [-0.15, -0.1) is 11.3 Å². The van der Waals surface area contributed by atoms with Gasteiger partial charge in [0.25, 0.3) is 5.91 Å². The molecule has 0 saturated heterocycles. The van der Waals surface area contributed by atoms with Crippen molar-refractivity contribution in [2.75, 3.05) is 13.7 Å². The lowest BCUT2D eigenvalue weighted by Gasteiger charge is -2.06. The van der Waals surface area contributed by atoms with E-state index in [-0.39, 0.29) is 18.2 Å². The van der Waals surface area contributed by atoms with Gasteiger partial charge in [-0.25, -0.2) is 0 Å². The molecule has 5 nitrogen and oxygen atoms in total. The summed E-state index contributed by atoms with van der Waals surface area (Å²) >= 11 is 1.35. The number of hydrogen-bond donors (Lipinski definition) is 1. The lowest BCUT2D eigenvalue weighted by molar-refractivity contribution is -0.116. The van der Waals surface area contributed by atoms with Gasteiger partial charge >= 0.3 is 0 Å². The summed E-state index contributed by atoms with van der Waals surface area (Å²) in [4.78, 5) is 24.9. The number of fused-ring (bicyclic) bond motifs is 1. The molecule has 6 heteroatoms. The van der Waals surface area contributed by atoms with Crippen molar-refractivity contribution in [2.45, 2.75) is 0 Å². The van der Waals surface area contributed by atoms with Gasteiger partial charge in [-0.1, -0.05) is 6.07 Å². The molecule has 3 rings (SSSR count). The Hall–Kier alpha value is -2.86. The fourth-order valence-corrected chi connectivity index (χ4v) is 2.86. The number of thiophene rings is 1. The highest BCUT2D eigenvalue weighted by atomic mass is 32.1. The molecule has 0 fully saturated rings. The minimum atomic E-state index is -0.338. The van der Waals surface area contributed by atoms with Crippen LogP contribution in [0, 0.1) is 0 Å². The van der Waals surface area contributed by atoms with E-state index in [0.717, 1.165) is 5.56 Å². The fraction of sp³-hybridized carbons (Fsp3) is 0.111. The third kappa shape index (κ3) is 3.55. The number of amides is 1. The highest BCUT2D eigenvalue weighted by Crippen LogP contribution is 2.28. The molecule has 24 heavy (non-hydrogen) atoms. The molecule has 2 heterocycles. The minimum absolute atomic E-state index is 0.0453. The van der Waals surface area contributed by atoms with Crippen molar-refractivity contribution in [1.29, 1.82) is 0 Å². The van der Waals surface area contributed by atoms with Gasteiger partial charge in [0.15, 0.2) is 5.78 Å². The van der Waals surface area contributed by atoms with Crippen LogP contribution in [-0.2, 0) is 4.79 Å². The van der Waals surface area contributed by atoms with E-state index in [9.17, 15) is 9.59 Å². The summed E-state index contributed by atoms with van der Waals surface area (Å²) in [7, 11) is 1.57. The lowest BCUT2D eigenvalue weighted by Crippen LogP contribution is -2.29. The maximum absolute atomic E-state index is 12.3. The van der Waals surface area contributed by atoms with Crippen molar-refractivity contribution in [3.8, 4) is 11.5 Å². The van der Waals surface area contributed by atoms with E-state index in [2.05, 4.69) is 5.32 Å². The van der Waals surface area contributed by atoms with Crippen LogP contribution in [-0.4, -0.2) is 25.3 Å². The zero-order valence-corrected chi connectivity index (χ0v) is 13.8. The molecule has 0 aliphatic carbocycles. The molecule has 0 radical (unpaired) electrons. The van der Waals surface area contributed by atoms with Crippen LogP contribution < -0.4 is 14.8 Å². The van der Waals surface area contributed by atoms with Crippen molar-refractivity contribution in [3.63, 3.8) is 0 Å². The number of nitrogens with one attached hydrogen (secondary N) is 1. The maximum atomic E-state index is 12.3. The first-order valence-corrected chi connectivity index (χ1v) is 8.13. The minimum Gasteiger partial charge on any atom is -0.497 e. The average molecular weight is 341 g/mol. The van der Waals surface area contributed by atoms with E-state index in [1.165, 1.54) is 17.6 Å². The molecule has 122 valence electrons. The van der Waals surface area contributed by atoms with E-state index in [1.54, 1.807) is 49.6 Å². The summed E-state index contributed by atoms with van der Waals surface area (Å²) < 4.78 is 10.7. The second kappa shape index (κ2) is 7.14. The van der Waals surface area contributed by atoms with Gasteiger partial charge in [-0.3, -0.25) is 9.59 Å². The molecule has 2 aromatic rings. The van der Waals surface area contributed by atoms with Crippen LogP contribution in [0.1, 0.15) is 15.2 Å². The molecule has 0 unspecified atom stereocenters. The second-order valence-corrected chi connectivity index (χ2v) is 5.95. The SMILES string of the molecule is COc1ccc2c(c1)C=C(C(=O)NCC(=O)c1cccs1)C=CO2. The average Bonchev–Trinajstić information content (AvgIpc) is 3.05. The van der Waals surface area contributed by atoms with Gasteiger partial charge in [0.2, 0.25) is 0 Å². The van der Waals surface area contributed by atoms with Gasteiger partial charge < -0.3 is 14.8 Å². The van der Waals surface area contributed by atoms with Crippen molar-refractivity contribution in [1.82, 2.24) is 5.32 Å². The zero-order chi connectivity index (χ0) is 16.9. The molecule has 0 saturated carbocycles. The standard InChI is InChI=1S/C18H15NO4S/c1-22-14-4-5-16-13(10-14)9-12(6-7-23-16)18(21)19-11-15(20)17-3-2-8-24-17/h2-10H,11H2,1H3,(H,19,21). The number of benzene rings is 1. The Morgan fingerprint density at radius 2 is 2.17 bits per heavy atom. The molecule has 0 bridgehead atoms. The highest BCUT2D eigenvalue weighted by molar-refractivity contribution is 7.12. The lowest BCUT2D eigenvalue weighted by atomic mass is 10.1. The third-order valence-corrected chi connectivity index (χ3v) is 4.35. The fourth-order valence-electron chi connectivity index (χ4n) is 2.20. The molecule has 1 aliphatic rings. The summed E-state index contributed by atoms with van der Waals surface area (Å²) in [5, 5.41) is 4.47. The topological polar surface area (TPSA) is 64.6 Å². The van der Waals surface area contributed by atoms with Crippen LogP contribution in [0.2, 0.25) is 0 Å². The Balaban J connectivity index is 1.73. The first-order chi connectivity index (χ1) is 11.7. The van der Waals surface area contributed by atoms with Crippen LogP contribution in [0.5, 0.6) is 11.5 Å². The summed E-state index contributed by atoms with van der Waals surface area (Å²) in [6.07, 6.45) is 4.72. The molecule has 1 amide bonds. The number of rotatable bonds is 5. The molecule has 1 N–H and O–H groups in total. The predicted molar refractivity (Wildman–Crippen MR) is 92.4 cm³/mol. The summed E-state index contributed by atoms with van der Waals surface area (Å²) in [6, 6.07) is 8.88. The molecular weight excluding hydrogens is 326 g/mol. The van der Waals surface area contributed by atoms with Gasteiger partial charge in [0.1, 0.15) is 11.5 Å². The Labute approximate surface area is 143 Å². The highest BCUT2D eigenvalue weighted by Gasteiger charge is 2.14. The Kier molecular flexibility index (Phi) is 4.77. The van der Waals surface area contributed by atoms with Crippen LogP contribution in [0.15, 0.2) is 53.6 Å². The molecule has 1 aliphatic heterocycles.